The summed E-state index contributed by atoms with van der Waals surface area (Å²) in [6.45, 7) is 2.10. The van der Waals surface area contributed by atoms with Crippen LogP contribution >= 0.6 is 0 Å². The molecule has 2 N–H and O–H groups in total. The predicted molar refractivity (Wildman–Crippen MR) is 68.9 cm³/mol. The molecule has 2 aromatic rings. The molecule has 0 fully saturated rings. The summed E-state index contributed by atoms with van der Waals surface area (Å²) in [4.78, 5) is 15.7. The summed E-state index contributed by atoms with van der Waals surface area (Å²) < 4.78 is 5.17. The van der Waals surface area contributed by atoms with E-state index in [2.05, 4.69) is 4.98 Å². The van der Waals surface area contributed by atoms with Crippen molar-refractivity contribution in [3.05, 3.63) is 59.4 Å². The van der Waals surface area contributed by atoms with Gasteiger partial charge in [0.1, 0.15) is 6.61 Å². The van der Waals surface area contributed by atoms with Crippen LogP contribution in [0.5, 0.6) is 0 Å². The monoisotopic (exact) mass is 242 g/mol. The lowest BCUT2D eigenvalue weighted by atomic mass is 10.1. The first-order chi connectivity index (χ1) is 8.66. The molecular weight excluding hydrogens is 228 g/mol. The van der Waals surface area contributed by atoms with Crippen LogP contribution in [0, 0.1) is 6.92 Å². The highest BCUT2D eigenvalue weighted by Gasteiger charge is 2.08. The SMILES string of the molecule is Cc1ccc(C(=O)OCc2cccnc2)cc1N. The fourth-order valence-electron chi connectivity index (χ4n) is 1.48. The first-order valence-corrected chi connectivity index (χ1v) is 5.59. The number of hydrogen-bond acceptors (Lipinski definition) is 4. The third kappa shape index (κ3) is 2.85. The van der Waals surface area contributed by atoms with E-state index in [9.17, 15) is 4.79 Å². The predicted octanol–water partition coefficient (Wildman–Crippen LogP) is 2.33. The molecule has 1 aromatic heterocycles. The Morgan fingerprint density at radius 3 is 2.89 bits per heavy atom. The van der Waals surface area contributed by atoms with Gasteiger partial charge in [0, 0.05) is 23.6 Å². The molecule has 0 unspecified atom stereocenters. The van der Waals surface area contributed by atoms with Crippen LogP contribution in [-0.2, 0) is 11.3 Å². The molecule has 4 heteroatoms. The van der Waals surface area contributed by atoms with Gasteiger partial charge in [0.2, 0.25) is 0 Å². The van der Waals surface area contributed by atoms with Gasteiger partial charge in [-0.25, -0.2) is 4.79 Å². The number of carbonyl (C=O) groups is 1. The number of hydrogen-bond donors (Lipinski definition) is 1. The van der Waals surface area contributed by atoms with E-state index in [1.54, 1.807) is 36.7 Å². The minimum atomic E-state index is -0.384. The van der Waals surface area contributed by atoms with Gasteiger partial charge in [0.15, 0.2) is 0 Å². The van der Waals surface area contributed by atoms with E-state index in [0.29, 0.717) is 11.3 Å². The number of ether oxygens (including phenoxy) is 1. The average Bonchev–Trinajstić information content (AvgIpc) is 2.40. The van der Waals surface area contributed by atoms with Gasteiger partial charge < -0.3 is 10.5 Å². The molecule has 2 rings (SSSR count). The summed E-state index contributed by atoms with van der Waals surface area (Å²) in [7, 11) is 0. The quantitative estimate of drug-likeness (QED) is 0.662. The number of esters is 1. The number of anilines is 1. The van der Waals surface area contributed by atoms with Crippen molar-refractivity contribution in [2.24, 2.45) is 0 Å². The Balaban J connectivity index is 2.02. The molecular formula is C14H14N2O2. The van der Waals surface area contributed by atoms with Gasteiger partial charge in [0.25, 0.3) is 0 Å². The van der Waals surface area contributed by atoms with Crippen LogP contribution in [0.3, 0.4) is 0 Å². The van der Waals surface area contributed by atoms with Gasteiger partial charge in [-0.2, -0.15) is 0 Å². The number of pyridine rings is 1. The zero-order chi connectivity index (χ0) is 13.0. The third-order valence-electron chi connectivity index (χ3n) is 2.61. The maximum absolute atomic E-state index is 11.8. The van der Waals surface area contributed by atoms with E-state index >= 15 is 0 Å². The highest BCUT2D eigenvalue weighted by Crippen LogP contribution is 2.14. The van der Waals surface area contributed by atoms with Gasteiger partial charge in [0.05, 0.1) is 5.56 Å². The smallest absolute Gasteiger partial charge is 0.338 e. The van der Waals surface area contributed by atoms with Crippen molar-refractivity contribution >= 4 is 11.7 Å². The molecule has 0 aliphatic rings. The second kappa shape index (κ2) is 5.31. The van der Waals surface area contributed by atoms with Crippen molar-refractivity contribution < 1.29 is 9.53 Å². The Morgan fingerprint density at radius 2 is 2.22 bits per heavy atom. The van der Waals surface area contributed by atoms with Gasteiger partial charge in [-0.05, 0) is 30.7 Å². The molecule has 1 heterocycles. The second-order valence-corrected chi connectivity index (χ2v) is 4.01. The van der Waals surface area contributed by atoms with Crippen LogP contribution in [-0.4, -0.2) is 11.0 Å². The Bertz CT molecular complexity index is 553. The molecule has 0 aliphatic heterocycles. The number of benzene rings is 1. The van der Waals surface area contributed by atoms with Crippen LogP contribution in [0.2, 0.25) is 0 Å². The Morgan fingerprint density at radius 1 is 1.39 bits per heavy atom. The lowest BCUT2D eigenvalue weighted by Gasteiger charge is -2.06. The lowest BCUT2D eigenvalue weighted by Crippen LogP contribution is -2.06. The van der Waals surface area contributed by atoms with Gasteiger partial charge in [-0.15, -0.1) is 0 Å². The summed E-state index contributed by atoms with van der Waals surface area (Å²) in [6, 6.07) is 8.78. The van der Waals surface area contributed by atoms with Gasteiger partial charge >= 0.3 is 5.97 Å². The minimum Gasteiger partial charge on any atom is -0.457 e. The second-order valence-electron chi connectivity index (χ2n) is 4.01. The zero-order valence-corrected chi connectivity index (χ0v) is 10.1. The van der Waals surface area contributed by atoms with Crippen molar-refractivity contribution in [1.29, 1.82) is 0 Å². The Hall–Kier alpha value is -2.36. The maximum Gasteiger partial charge on any atom is 0.338 e. The van der Waals surface area contributed by atoms with Crippen molar-refractivity contribution in [1.82, 2.24) is 4.98 Å². The van der Waals surface area contributed by atoms with Crippen molar-refractivity contribution in [2.45, 2.75) is 13.5 Å². The Kier molecular flexibility index (Phi) is 3.57. The summed E-state index contributed by atoms with van der Waals surface area (Å²) in [5, 5.41) is 0. The molecule has 18 heavy (non-hydrogen) atoms. The normalized spacial score (nSPS) is 10.1. The number of nitrogen functional groups attached to an aromatic ring is 1. The van der Waals surface area contributed by atoms with Crippen LogP contribution < -0.4 is 5.73 Å². The van der Waals surface area contributed by atoms with E-state index in [-0.39, 0.29) is 12.6 Å². The standard InChI is InChI=1S/C14H14N2O2/c1-10-4-5-12(7-13(10)15)14(17)18-9-11-3-2-6-16-8-11/h2-8H,9,15H2,1H3. The van der Waals surface area contributed by atoms with Crippen molar-refractivity contribution in [3.8, 4) is 0 Å². The third-order valence-corrected chi connectivity index (χ3v) is 2.61. The molecule has 1 aromatic carbocycles. The van der Waals surface area contributed by atoms with Crippen LogP contribution in [0.25, 0.3) is 0 Å². The number of nitrogens with two attached hydrogens (primary N) is 1. The molecule has 0 spiro atoms. The maximum atomic E-state index is 11.8. The molecule has 0 amide bonds. The van der Waals surface area contributed by atoms with E-state index in [1.807, 2.05) is 13.0 Å². The first-order valence-electron chi connectivity index (χ1n) is 5.59. The number of rotatable bonds is 3. The number of nitrogens with zero attached hydrogens (tertiary/aromatic N) is 1. The minimum absolute atomic E-state index is 0.209. The summed E-state index contributed by atoms with van der Waals surface area (Å²) in [6.07, 6.45) is 3.34. The molecule has 0 saturated heterocycles. The fraction of sp³-hybridized carbons (Fsp3) is 0.143. The Labute approximate surface area is 105 Å². The molecule has 0 radical (unpaired) electrons. The summed E-state index contributed by atoms with van der Waals surface area (Å²) in [5.41, 5.74) is 8.59. The van der Waals surface area contributed by atoms with E-state index < -0.39 is 0 Å². The topological polar surface area (TPSA) is 65.2 Å². The van der Waals surface area contributed by atoms with Crippen LogP contribution in [0.15, 0.2) is 42.7 Å². The summed E-state index contributed by atoms with van der Waals surface area (Å²) >= 11 is 0. The molecule has 92 valence electrons. The van der Waals surface area contributed by atoms with E-state index in [4.69, 9.17) is 10.5 Å². The number of aromatic nitrogens is 1. The van der Waals surface area contributed by atoms with Crippen LogP contribution in [0.4, 0.5) is 5.69 Å². The van der Waals surface area contributed by atoms with Crippen molar-refractivity contribution in [2.75, 3.05) is 5.73 Å². The molecule has 0 aliphatic carbocycles. The highest BCUT2D eigenvalue weighted by molar-refractivity contribution is 5.90. The first kappa shape index (κ1) is 12.1. The van der Waals surface area contributed by atoms with Crippen LogP contribution in [0.1, 0.15) is 21.5 Å². The lowest BCUT2D eigenvalue weighted by molar-refractivity contribution is 0.0472. The highest BCUT2D eigenvalue weighted by atomic mass is 16.5. The zero-order valence-electron chi connectivity index (χ0n) is 10.1. The van der Waals surface area contributed by atoms with E-state index in [1.165, 1.54) is 0 Å². The largest absolute Gasteiger partial charge is 0.457 e. The van der Waals surface area contributed by atoms with E-state index in [0.717, 1.165) is 11.1 Å². The number of aryl methyl sites for hydroxylation is 1. The average molecular weight is 242 g/mol. The van der Waals surface area contributed by atoms with Gasteiger partial charge in [-0.1, -0.05) is 12.1 Å². The molecule has 4 nitrogen and oxygen atoms in total. The number of carbonyl (C=O) groups excluding carboxylic acids is 1. The molecule has 0 bridgehead atoms. The van der Waals surface area contributed by atoms with Gasteiger partial charge in [-0.3, -0.25) is 4.98 Å². The molecule has 0 atom stereocenters. The molecule has 0 saturated carbocycles. The van der Waals surface area contributed by atoms with Crippen molar-refractivity contribution in [3.63, 3.8) is 0 Å². The summed E-state index contributed by atoms with van der Waals surface area (Å²) in [5.74, 6) is -0.384. The fourth-order valence-corrected chi connectivity index (χ4v) is 1.48.